The van der Waals surface area contributed by atoms with Crippen LogP contribution in [0.5, 0.6) is 0 Å². The van der Waals surface area contributed by atoms with E-state index in [2.05, 4.69) is 0 Å². The highest BCUT2D eigenvalue weighted by atomic mass is 32.2. The molecule has 0 aromatic heterocycles. The Labute approximate surface area is 101 Å². The molecule has 1 fully saturated rings. The summed E-state index contributed by atoms with van der Waals surface area (Å²) in [5.74, 6) is -0.430. The lowest BCUT2D eigenvalue weighted by atomic mass is 10.1. The maximum Gasteiger partial charge on any atom is 0.153 e. The average molecular weight is 257 g/mol. The molecule has 17 heavy (non-hydrogen) atoms. The molecule has 1 aliphatic rings. The fourth-order valence-corrected chi connectivity index (χ4v) is 4.37. The molecule has 94 valence electrons. The van der Waals surface area contributed by atoms with Gasteiger partial charge in [-0.25, -0.2) is 12.8 Å². The van der Waals surface area contributed by atoms with E-state index >= 15 is 0 Å². The van der Waals surface area contributed by atoms with Crippen LogP contribution in [0.3, 0.4) is 0 Å². The van der Waals surface area contributed by atoms with Gasteiger partial charge in [-0.2, -0.15) is 0 Å². The van der Waals surface area contributed by atoms with Gasteiger partial charge in [0.15, 0.2) is 9.84 Å². The fourth-order valence-electron chi connectivity index (χ4n) is 2.46. The largest absolute Gasteiger partial charge is 0.330 e. The Morgan fingerprint density at radius 1 is 1.41 bits per heavy atom. The monoisotopic (exact) mass is 257 g/mol. The van der Waals surface area contributed by atoms with Crippen LogP contribution >= 0.6 is 0 Å². The van der Waals surface area contributed by atoms with Crippen LogP contribution in [0, 0.1) is 11.7 Å². The van der Waals surface area contributed by atoms with E-state index in [9.17, 15) is 12.8 Å². The van der Waals surface area contributed by atoms with Crippen molar-refractivity contribution < 1.29 is 12.8 Å². The predicted octanol–water partition coefficient (Wildman–Crippen LogP) is 1.30. The van der Waals surface area contributed by atoms with Gasteiger partial charge in [-0.05, 0) is 30.2 Å². The smallest absolute Gasteiger partial charge is 0.153 e. The Kier molecular flexibility index (Phi) is 3.23. The van der Waals surface area contributed by atoms with Crippen molar-refractivity contribution in [3.8, 4) is 0 Å². The summed E-state index contributed by atoms with van der Waals surface area (Å²) in [6.45, 7) is 1.95. The summed E-state index contributed by atoms with van der Waals surface area (Å²) in [5, 5.41) is -0.431. The summed E-state index contributed by atoms with van der Waals surface area (Å²) in [5.41, 5.74) is 6.32. The van der Waals surface area contributed by atoms with Crippen LogP contribution in [0.25, 0.3) is 0 Å². The third kappa shape index (κ3) is 2.21. The lowest BCUT2D eigenvalue weighted by molar-refractivity contribution is 0.592. The highest BCUT2D eigenvalue weighted by Crippen LogP contribution is 2.51. The van der Waals surface area contributed by atoms with Crippen LogP contribution in [-0.2, 0) is 9.84 Å². The minimum absolute atomic E-state index is 0.0678. The SMILES string of the molecule is CCS(=O)(=O)[C@H]1[C@@H](CN)[C@@H]1c1cccc(F)c1. The van der Waals surface area contributed by atoms with Crippen molar-refractivity contribution in [2.75, 3.05) is 12.3 Å². The molecule has 1 aromatic rings. The summed E-state index contributed by atoms with van der Waals surface area (Å²) in [6, 6.07) is 6.12. The molecule has 0 bridgehead atoms. The fraction of sp³-hybridized carbons (Fsp3) is 0.500. The zero-order valence-electron chi connectivity index (χ0n) is 9.64. The van der Waals surface area contributed by atoms with E-state index in [1.807, 2.05) is 0 Å². The summed E-state index contributed by atoms with van der Waals surface area (Å²) in [7, 11) is -3.10. The zero-order chi connectivity index (χ0) is 12.6. The molecule has 0 radical (unpaired) electrons. The van der Waals surface area contributed by atoms with Crippen LogP contribution in [0.2, 0.25) is 0 Å². The number of rotatable bonds is 4. The van der Waals surface area contributed by atoms with Crippen LogP contribution in [0.1, 0.15) is 18.4 Å². The van der Waals surface area contributed by atoms with E-state index in [-0.39, 0.29) is 23.4 Å². The first-order chi connectivity index (χ1) is 8.01. The molecule has 1 aromatic carbocycles. The molecule has 0 saturated heterocycles. The van der Waals surface area contributed by atoms with E-state index in [0.717, 1.165) is 5.56 Å². The van der Waals surface area contributed by atoms with Crippen molar-refractivity contribution >= 4 is 9.84 Å². The molecule has 3 nitrogen and oxygen atoms in total. The van der Waals surface area contributed by atoms with Crippen molar-refractivity contribution in [1.82, 2.24) is 0 Å². The van der Waals surface area contributed by atoms with Gasteiger partial charge in [-0.3, -0.25) is 0 Å². The van der Waals surface area contributed by atoms with Crippen LogP contribution in [-0.4, -0.2) is 26.0 Å². The third-order valence-electron chi connectivity index (χ3n) is 3.42. The number of sulfone groups is 1. The quantitative estimate of drug-likeness (QED) is 0.884. The third-order valence-corrected chi connectivity index (χ3v) is 5.70. The van der Waals surface area contributed by atoms with Gasteiger partial charge in [0.2, 0.25) is 0 Å². The van der Waals surface area contributed by atoms with Crippen LogP contribution < -0.4 is 5.73 Å². The van der Waals surface area contributed by atoms with Gasteiger partial charge < -0.3 is 5.73 Å². The average Bonchev–Trinajstić information content (AvgIpc) is 3.04. The van der Waals surface area contributed by atoms with Crippen LogP contribution in [0.15, 0.2) is 24.3 Å². The Morgan fingerprint density at radius 3 is 2.65 bits per heavy atom. The highest BCUT2D eigenvalue weighted by Gasteiger charge is 2.56. The summed E-state index contributed by atoms with van der Waals surface area (Å²) < 4.78 is 36.8. The second-order valence-corrected chi connectivity index (χ2v) is 6.84. The summed E-state index contributed by atoms with van der Waals surface area (Å²) >= 11 is 0. The summed E-state index contributed by atoms with van der Waals surface area (Å²) in [6.07, 6.45) is 0. The Balaban J connectivity index is 2.29. The van der Waals surface area contributed by atoms with Crippen molar-refractivity contribution in [3.63, 3.8) is 0 Å². The van der Waals surface area contributed by atoms with Gasteiger partial charge in [0.25, 0.3) is 0 Å². The van der Waals surface area contributed by atoms with Crippen molar-refractivity contribution in [2.45, 2.75) is 18.1 Å². The van der Waals surface area contributed by atoms with E-state index in [4.69, 9.17) is 5.73 Å². The first-order valence-electron chi connectivity index (χ1n) is 5.68. The molecule has 0 amide bonds. The molecule has 2 N–H and O–H groups in total. The Morgan fingerprint density at radius 2 is 2.12 bits per heavy atom. The topological polar surface area (TPSA) is 60.2 Å². The maximum atomic E-state index is 13.1. The van der Waals surface area contributed by atoms with Crippen molar-refractivity contribution in [2.24, 2.45) is 11.7 Å². The second kappa shape index (κ2) is 4.38. The van der Waals surface area contributed by atoms with Gasteiger partial charge in [-0.1, -0.05) is 19.1 Å². The molecule has 0 aliphatic heterocycles. The number of halogens is 1. The molecule has 5 heteroatoms. The summed E-state index contributed by atoms with van der Waals surface area (Å²) in [4.78, 5) is 0. The number of benzene rings is 1. The van der Waals surface area contributed by atoms with Crippen molar-refractivity contribution in [1.29, 1.82) is 0 Å². The van der Waals surface area contributed by atoms with Gasteiger partial charge in [0.1, 0.15) is 5.82 Å². The van der Waals surface area contributed by atoms with E-state index in [1.165, 1.54) is 12.1 Å². The second-order valence-electron chi connectivity index (χ2n) is 4.40. The molecule has 0 unspecified atom stereocenters. The first kappa shape index (κ1) is 12.5. The molecule has 0 spiro atoms. The van der Waals surface area contributed by atoms with E-state index in [0.29, 0.717) is 6.54 Å². The minimum atomic E-state index is -3.10. The molecule has 3 atom stereocenters. The Hall–Kier alpha value is -0.940. The number of hydrogen-bond acceptors (Lipinski definition) is 3. The zero-order valence-corrected chi connectivity index (χ0v) is 10.5. The molecule has 1 aliphatic carbocycles. The molecular weight excluding hydrogens is 241 g/mol. The molecule has 0 heterocycles. The van der Waals surface area contributed by atoms with E-state index < -0.39 is 15.1 Å². The lowest BCUT2D eigenvalue weighted by Gasteiger charge is -2.00. The Bertz CT molecular complexity index is 515. The first-order valence-corrected chi connectivity index (χ1v) is 7.40. The molecule has 2 rings (SSSR count). The number of hydrogen-bond donors (Lipinski definition) is 1. The predicted molar refractivity (Wildman–Crippen MR) is 64.9 cm³/mol. The van der Waals surface area contributed by atoms with E-state index in [1.54, 1.807) is 19.1 Å². The highest BCUT2D eigenvalue weighted by molar-refractivity contribution is 7.92. The minimum Gasteiger partial charge on any atom is -0.330 e. The van der Waals surface area contributed by atoms with Gasteiger partial charge in [-0.15, -0.1) is 0 Å². The van der Waals surface area contributed by atoms with Crippen LogP contribution in [0.4, 0.5) is 4.39 Å². The van der Waals surface area contributed by atoms with Crippen molar-refractivity contribution in [3.05, 3.63) is 35.6 Å². The standard InChI is InChI=1S/C12H16FNO2S/c1-2-17(15,16)12-10(7-14)11(12)8-4-3-5-9(13)6-8/h3-6,10-12H,2,7,14H2,1H3/t10-,11-,12-/m0/s1. The maximum absolute atomic E-state index is 13.1. The van der Waals surface area contributed by atoms with Gasteiger partial charge in [0.05, 0.1) is 5.25 Å². The number of nitrogens with two attached hydrogens (primary N) is 1. The molecular formula is C12H16FNO2S. The van der Waals surface area contributed by atoms with Gasteiger partial charge >= 0.3 is 0 Å². The normalized spacial score (nSPS) is 28.1. The lowest BCUT2D eigenvalue weighted by Crippen LogP contribution is -2.15. The molecule has 1 saturated carbocycles. The van der Waals surface area contributed by atoms with Gasteiger partial charge in [0, 0.05) is 11.7 Å².